The quantitative estimate of drug-likeness (QED) is 0.523. The molecule has 0 N–H and O–H groups in total. The third-order valence-corrected chi connectivity index (χ3v) is 4.27. The third-order valence-electron chi connectivity index (χ3n) is 4.27. The minimum Gasteiger partial charge on any atom is -0.519 e. The SMILES string of the molecule is c1cc(Oc2cccc(-n3cccn3)c2)cc(B2Oc3ccccc3O2)c1. The number of ether oxygens (including phenoxy) is 1. The van der Waals surface area contributed by atoms with Gasteiger partial charge in [-0.3, -0.25) is 0 Å². The Morgan fingerprint density at radius 2 is 1.52 bits per heavy atom. The highest BCUT2D eigenvalue weighted by molar-refractivity contribution is 6.63. The summed E-state index contributed by atoms with van der Waals surface area (Å²) >= 11 is 0. The van der Waals surface area contributed by atoms with Gasteiger partial charge in [0.15, 0.2) is 0 Å². The maximum Gasteiger partial charge on any atom is 0.632 e. The number of nitrogens with zero attached hydrogens (tertiary/aromatic N) is 2. The van der Waals surface area contributed by atoms with Crippen molar-refractivity contribution in [2.24, 2.45) is 0 Å². The Morgan fingerprint density at radius 1 is 0.778 bits per heavy atom. The summed E-state index contributed by atoms with van der Waals surface area (Å²) in [6.45, 7) is 0. The van der Waals surface area contributed by atoms with E-state index in [2.05, 4.69) is 5.10 Å². The van der Waals surface area contributed by atoms with Gasteiger partial charge in [-0.2, -0.15) is 5.10 Å². The summed E-state index contributed by atoms with van der Waals surface area (Å²) in [6, 6.07) is 25.0. The van der Waals surface area contributed by atoms with Crippen molar-refractivity contribution < 1.29 is 14.0 Å². The van der Waals surface area contributed by atoms with E-state index in [-0.39, 0.29) is 0 Å². The van der Waals surface area contributed by atoms with Crippen LogP contribution in [0.15, 0.2) is 91.3 Å². The summed E-state index contributed by atoms with van der Waals surface area (Å²) in [4.78, 5) is 0. The highest BCUT2D eigenvalue weighted by Crippen LogP contribution is 2.32. The fraction of sp³-hybridized carbons (Fsp3) is 0. The van der Waals surface area contributed by atoms with E-state index in [1.807, 2.05) is 85.1 Å². The van der Waals surface area contributed by atoms with Crippen molar-refractivity contribution in [2.45, 2.75) is 0 Å². The van der Waals surface area contributed by atoms with Crippen LogP contribution >= 0.6 is 0 Å². The van der Waals surface area contributed by atoms with Crippen LogP contribution in [0.2, 0.25) is 0 Å². The molecule has 0 spiro atoms. The second-order valence-corrected chi connectivity index (χ2v) is 6.14. The maximum absolute atomic E-state index is 6.04. The molecule has 0 saturated carbocycles. The van der Waals surface area contributed by atoms with E-state index in [9.17, 15) is 0 Å². The molecule has 0 amide bonds. The Morgan fingerprint density at radius 3 is 2.26 bits per heavy atom. The first kappa shape index (κ1) is 15.6. The summed E-state index contributed by atoms with van der Waals surface area (Å²) in [5.74, 6) is 2.95. The highest BCUT2D eigenvalue weighted by atomic mass is 16.6. The van der Waals surface area contributed by atoms with Gasteiger partial charge in [-0.05, 0) is 42.5 Å². The molecule has 3 aromatic carbocycles. The fourth-order valence-corrected chi connectivity index (χ4v) is 3.01. The fourth-order valence-electron chi connectivity index (χ4n) is 3.01. The average Bonchev–Trinajstić information content (AvgIpc) is 3.38. The monoisotopic (exact) mass is 354 g/mol. The van der Waals surface area contributed by atoms with Gasteiger partial charge in [-0.25, -0.2) is 4.68 Å². The van der Waals surface area contributed by atoms with Gasteiger partial charge in [-0.15, -0.1) is 0 Å². The number of rotatable bonds is 4. The minimum absolute atomic E-state index is 0.471. The summed E-state index contributed by atoms with van der Waals surface area (Å²) in [5.41, 5.74) is 1.83. The first-order valence-corrected chi connectivity index (χ1v) is 8.65. The van der Waals surface area contributed by atoms with Gasteiger partial charge in [0, 0.05) is 23.9 Å². The Labute approximate surface area is 156 Å². The van der Waals surface area contributed by atoms with E-state index in [0.29, 0.717) is 5.75 Å². The summed E-state index contributed by atoms with van der Waals surface area (Å²) < 4.78 is 19.6. The van der Waals surface area contributed by atoms with Crippen LogP contribution in [0.1, 0.15) is 0 Å². The molecule has 1 aromatic heterocycles. The minimum atomic E-state index is -0.471. The predicted molar refractivity (Wildman–Crippen MR) is 103 cm³/mol. The summed E-state index contributed by atoms with van der Waals surface area (Å²) in [7, 11) is -0.471. The average molecular weight is 354 g/mol. The molecule has 6 heteroatoms. The zero-order chi connectivity index (χ0) is 18.1. The molecule has 130 valence electrons. The molecule has 1 aliphatic heterocycles. The van der Waals surface area contributed by atoms with Crippen LogP contribution in [0.5, 0.6) is 23.0 Å². The zero-order valence-electron chi connectivity index (χ0n) is 14.4. The highest BCUT2D eigenvalue weighted by Gasteiger charge is 2.33. The van der Waals surface area contributed by atoms with E-state index in [0.717, 1.165) is 28.4 Å². The molecule has 0 atom stereocenters. The van der Waals surface area contributed by atoms with Crippen LogP contribution in [-0.2, 0) is 0 Å². The van der Waals surface area contributed by atoms with Crippen molar-refractivity contribution in [1.82, 2.24) is 9.78 Å². The van der Waals surface area contributed by atoms with Crippen molar-refractivity contribution in [1.29, 1.82) is 0 Å². The van der Waals surface area contributed by atoms with E-state index in [1.54, 1.807) is 10.9 Å². The molecular weight excluding hydrogens is 339 g/mol. The maximum atomic E-state index is 6.04. The molecule has 0 fully saturated rings. The number of aromatic nitrogens is 2. The van der Waals surface area contributed by atoms with Crippen molar-refractivity contribution in [3.63, 3.8) is 0 Å². The lowest BCUT2D eigenvalue weighted by molar-refractivity contribution is 0.481. The van der Waals surface area contributed by atoms with Crippen LogP contribution in [0, 0.1) is 0 Å². The van der Waals surface area contributed by atoms with Gasteiger partial charge < -0.3 is 14.0 Å². The van der Waals surface area contributed by atoms with Gasteiger partial charge in [0.05, 0.1) is 5.69 Å². The molecule has 5 rings (SSSR count). The second-order valence-electron chi connectivity index (χ2n) is 6.14. The Bertz CT molecular complexity index is 1060. The Balaban J connectivity index is 1.37. The molecule has 27 heavy (non-hydrogen) atoms. The van der Waals surface area contributed by atoms with Gasteiger partial charge in [0.2, 0.25) is 0 Å². The number of benzene rings is 3. The van der Waals surface area contributed by atoms with E-state index in [1.165, 1.54) is 0 Å². The Hall–Kier alpha value is -3.67. The molecular formula is C21H15BN2O3. The van der Waals surface area contributed by atoms with Crippen LogP contribution in [-0.4, -0.2) is 16.9 Å². The molecule has 2 heterocycles. The van der Waals surface area contributed by atoms with Crippen molar-refractivity contribution in [3.05, 3.63) is 91.3 Å². The van der Waals surface area contributed by atoms with E-state index < -0.39 is 7.12 Å². The number of hydrogen-bond acceptors (Lipinski definition) is 4. The van der Waals surface area contributed by atoms with Gasteiger partial charge in [0.25, 0.3) is 0 Å². The van der Waals surface area contributed by atoms with E-state index in [4.69, 9.17) is 14.0 Å². The van der Waals surface area contributed by atoms with Gasteiger partial charge >= 0.3 is 7.12 Å². The van der Waals surface area contributed by atoms with Crippen molar-refractivity contribution in [2.75, 3.05) is 0 Å². The number of hydrogen-bond donors (Lipinski definition) is 0. The van der Waals surface area contributed by atoms with Crippen LogP contribution in [0.4, 0.5) is 0 Å². The molecule has 0 radical (unpaired) electrons. The predicted octanol–water partition coefficient (Wildman–Crippen LogP) is 3.83. The second kappa shape index (κ2) is 6.57. The molecule has 0 bridgehead atoms. The number of fused-ring (bicyclic) bond motifs is 1. The first-order chi connectivity index (χ1) is 13.3. The standard InChI is InChI=1S/C21H15BN2O3/c1-2-11-21-20(10-1)26-22(27-21)16-6-3-8-18(14-16)25-19-9-4-7-17(15-19)24-13-5-12-23-24/h1-15H. The molecule has 1 aliphatic rings. The third kappa shape index (κ3) is 3.13. The summed E-state index contributed by atoms with van der Waals surface area (Å²) in [5, 5.41) is 4.25. The normalized spacial score (nSPS) is 12.2. The van der Waals surface area contributed by atoms with Crippen molar-refractivity contribution >= 4 is 12.6 Å². The van der Waals surface area contributed by atoms with Crippen LogP contribution < -0.4 is 19.5 Å². The smallest absolute Gasteiger partial charge is 0.519 e. The van der Waals surface area contributed by atoms with Gasteiger partial charge in [0.1, 0.15) is 23.0 Å². The Kier molecular flexibility index (Phi) is 3.79. The van der Waals surface area contributed by atoms with E-state index >= 15 is 0 Å². The molecule has 5 nitrogen and oxygen atoms in total. The first-order valence-electron chi connectivity index (χ1n) is 8.65. The van der Waals surface area contributed by atoms with Crippen LogP contribution in [0.3, 0.4) is 0 Å². The molecule has 0 aliphatic carbocycles. The largest absolute Gasteiger partial charge is 0.632 e. The lowest BCUT2D eigenvalue weighted by atomic mass is 9.79. The molecule has 4 aromatic rings. The molecule has 0 unspecified atom stereocenters. The number of para-hydroxylation sites is 2. The van der Waals surface area contributed by atoms with Gasteiger partial charge in [-0.1, -0.05) is 30.3 Å². The zero-order valence-corrected chi connectivity index (χ0v) is 14.4. The molecule has 0 saturated heterocycles. The van der Waals surface area contributed by atoms with Crippen molar-refractivity contribution in [3.8, 4) is 28.7 Å². The topological polar surface area (TPSA) is 45.5 Å². The lowest BCUT2D eigenvalue weighted by Gasteiger charge is -2.10. The van der Waals surface area contributed by atoms with Crippen LogP contribution in [0.25, 0.3) is 5.69 Å². The summed E-state index contributed by atoms with van der Waals surface area (Å²) in [6.07, 6.45) is 3.64. The lowest BCUT2D eigenvalue weighted by Crippen LogP contribution is -2.38.